The molecule has 1 N–H and O–H groups in total. The first-order valence-corrected chi connectivity index (χ1v) is 6.72. The van der Waals surface area contributed by atoms with Crippen LogP contribution >= 0.6 is 11.6 Å². The zero-order chi connectivity index (χ0) is 14.0. The summed E-state index contributed by atoms with van der Waals surface area (Å²) in [5.41, 5.74) is 0.275. The van der Waals surface area contributed by atoms with E-state index in [9.17, 15) is 14.5 Å². The minimum Gasteiger partial charge on any atom is -0.379 e. The maximum atomic E-state index is 13.3. The van der Waals surface area contributed by atoms with E-state index in [1.54, 1.807) is 0 Å². The van der Waals surface area contributed by atoms with Crippen LogP contribution in [-0.2, 0) is 0 Å². The third-order valence-corrected chi connectivity index (χ3v) is 3.92. The van der Waals surface area contributed by atoms with Crippen molar-refractivity contribution in [3.63, 3.8) is 0 Å². The average molecular weight is 287 g/mol. The summed E-state index contributed by atoms with van der Waals surface area (Å²) in [7, 11) is 0. The normalized spacial score (nSPS) is 16.2. The van der Waals surface area contributed by atoms with Gasteiger partial charge in [0.1, 0.15) is 11.5 Å². The Labute approximate surface area is 116 Å². The Bertz CT molecular complexity index is 504. The van der Waals surface area contributed by atoms with Gasteiger partial charge in [-0.2, -0.15) is 0 Å². The molecule has 1 aliphatic rings. The molecule has 0 amide bonds. The van der Waals surface area contributed by atoms with Crippen LogP contribution in [-0.4, -0.2) is 11.5 Å². The molecule has 0 atom stereocenters. The fourth-order valence-electron chi connectivity index (χ4n) is 2.33. The molecule has 0 unspecified atom stereocenters. The number of rotatable bonds is 6. The average Bonchev–Trinajstić information content (AvgIpc) is 3.11. The number of nitro benzene ring substituents is 1. The van der Waals surface area contributed by atoms with Crippen LogP contribution < -0.4 is 5.32 Å². The van der Waals surface area contributed by atoms with Crippen LogP contribution in [0.4, 0.5) is 15.8 Å². The highest BCUT2D eigenvalue weighted by Crippen LogP contribution is 2.49. The zero-order valence-corrected chi connectivity index (χ0v) is 11.5. The molecular formula is C13H16ClFN2O2. The number of benzene rings is 1. The van der Waals surface area contributed by atoms with Gasteiger partial charge in [0.15, 0.2) is 0 Å². The molecule has 0 saturated heterocycles. The topological polar surface area (TPSA) is 55.2 Å². The molecule has 104 valence electrons. The van der Waals surface area contributed by atoms with Gasteiger partial charge in [-0.15, -0.1) is 0 Å². The Morgan fingerprint density at radius 1 is 1.53 bits per heavy atom. The van der Waals surface area contributed by atoms with Gasteiger partial charge in [-0.1, -0.05) is 24.9 Å². The highest BCUT2D eigenvalue weighted by Gasteiger charge is 2.41. The molecule has 0 spiro atoms. The Morgan fingerprint density at radius 2 is 2.21 bits per heavy atom. The fourth-order valence-corrected chi connectivity index (χ4v) is 2.50. The first-order chi connectivity index (χ1) is 8.97. The molecule has 0 radical (unpaired) electrons. The fraction of sp³-hybridized carbons (Fsp3) is 0.538. The highest BCUT2D eigenvalue weighted by molar-refractivity contribution is 6.31. The van der Waals surface area contributed by atoms with Crippen molar-refractivity contribution in [1.82, 2.24) is 0 Å². The minimum atomic E-state index is -0.770. The standard InChI is InChI=1S/C13H16ClFN2O2/c1-2-3-13(4-5-13)8-16-11-6-9(14)10(15)7-12(11)17(18)19/h6-7,16H,2-5,8H2,1H3. The number of nitro groups is 1. The van der Waals surface area contributed by atoms with Crippen LogP contribution in [0.15, 0.2) is 12.1 Å². The van der Waals surface area contributed by atoms with Gasteiger partial charge in [0.2, 0.25) is 0 Å². The van der Waals surface area contributed by atoms with E-state index in [0.717, 1.165) is 31.7 Å². The summed E-state index contributed by atoms with van der Waals surface area (Å²) in [6.45, 7) is 2.79. The van der Waals surface area contributed by atoms with Gasteiger partial charge < -0.3 is 5.32 Å². The smallest absolute Gasteiger partial charge is 0.295 e. The van der Waals surface area contributed by atoms with Crippen molar-refractivity contribution >= 4 is 23.0 Å². The van der Waals surface area contributed by atoms with Crippen molar-refractivity contribution in [2.45, 2.75) is 32.6 Å². The van der Waals surface area contributed by atoms with Crippen molar-refractivity contribution in [3.8, 4) is 0 Å². The molecule has 1 aromatic carbocycles. The largest absolute Gasteiger partial charge is 0.379 e. The van der Waals surface area contributed by atoms with Gasteiger partial charge in [0.05, 0.1) is 16.0 Å². The summed E-state index contributed by atoms with van der Waals surface area (Å²) in [5, 5.41) is 13.9. The predicted octanol–water partition coefficient (Wildman–Crippen LogP) is 4.38. The SMILES string of the molecule is CCCC1(CNc2cc(Cl)c(F)cc2[N+](=O)[O-])CC1. The minimum absolute atomic E-state index is 0.103. The van der Waals surface area contributed by atoms with E-state index < -0.39 is 10.7 Å². The number of anilines is 1. The number of nitrogens with zero attached hydrogens (tertiary/aromatic N) is 1. The molecule has 6 heteroatoms. The summed E-state index contributed by atoms with van der Waals surface area (Å²) in [4.78, 5) is 10.3. The molecule has 1 saturated carbocycles. The lowest BCUT2D eigenvalue weighted by atomic mass is 10.0. The van der Waals surface area contributed by atoms with Crippen molar-refractivity contribution in [3.05, 3.63) is 33.1 Å². The van der Waals surface area contributed by atoms with E-state index in [4.69, 9.17) is 11.6 Å². The van der Waals surface area contributed by atoms with Crippen LogP contribution in [0.5, 0.6) is 0 Å². The number of hydrogen-bond donors (Lipinski definition) is 1. The van der Waals surface area contributed by atoms with E-state index in [1.807, 2.05) is 0 Å². The lowest BCUT2D eigenvalue weighted by molar-refractivity contribution is -0.384. The molecule has 1 aliphatic carbocycles. The molecule has 2 rings (SSSR count). The van der Waals surface area contributed by atoms with Crippen LogP contribution in [0.1, 0.15) is 32.6 Å². The first kappa shape index (κ1) is 14.1. The summed E-state index contributed by atoms with van der Waals surface area (Å²) in [5.74, 6) is -0.770. The van der Waals surface area contributed by atoms with E-state index in [2.05, 4.69) is 12.2 Å². The first-order valence-electron chi connectivity index (χ1n) is 6.35. The Kier molecular flexibility index (Phi) is 3.94. The van der Waals surface area contributed by atoms with Gasteiger partial charge in [-0.3, -0.25) is 10.1 Å². The zero-order valence-electron chi connectivity index (χ0n) is 10.7. The summed E-state index contributed by atoms with van der Waals surface area (Å²) in [6.07, 6.45) is 4.46. The molecule has 0 aliphatic heterocycles. The van der Waals surface area contributed by atoms with Crippen molar-refractivity contribution in [2.24, 2.45) is 5.41 Å². The lowest BCUT2D eigenvalue weighted by Crippen LogP contribution is -2.16. The number of halogens is 2. The molecule has 4 nitrogen and oxygen atoms in total. The molecule has 0 bridgehead atoms. The van der Waals surface area contributed by atoms with E-state index in [1.165, 1.54) is 6.07 Å². The van der Waals surface area contributed by atoms with Gasteiger partial charge in [0.25, 0.3) is 5.69 Å². The molecule has 1 fully saturated rings. The quantitative estimate of drug-likeness (QED) is 0.624. The molecular weight excluding hydrogens is 271 g/mol. The summed E-state index contributed by atoms with van der Waals surface area (Å²) in [6, 6.07) is 2.15. The van der Waals surface area contributed by atoms with Crippen molar-refractivity contribution in [2.75, 3.05) is 11.9 Å². The van der Waals surface area contributed by atoms with Crippen molar-refractivity contribution in [1.29, 1.82) is 0 Å². The van der Waals surface area contributed by atoms with Gasteiger partial charge in [-0.05, 0) is 30.7 Å². The van der Waals surface area contributed by atoms with Crippen LogP contribution in [0, 0.1) is 21.3 Å². The summed E-state index contributed by atoms with van der Waals surface area (Å²) >= 11 is 5.68. The molecule has 0 heterocycles. The van der Waals surface area contributed by atoms with Gasteiger partial charge in [-0.25, -0.2) is 4.39 Å². The molecule has 1 aromatic rings. The number of hydrogen-bond acceptors (Lipinski definition) is 3. The van der Waals surface area contributed by atoms with Crippen LogP contribution in [0.25, 0.3) is 0 Å². The Hall–Kier alpha value is -1.36. The third-order valence-electron chi connectivity index (χ3n) is 3.63. The number of nitrogens with one attached hydrogen (secondary N) is 1. The monoisotopic (exact) mass is 286 g/mol. The molecule has 19 heavy (non-hydrogen) atoms. The second-order valence-electron chi connectivity index (χ2n) is 5.14. The van der Waals surface area contributed by atoms with Gasteiger partial charge in [0, 0.05) is 6.54 Å². The van der Waals surface area contributed by atoms with Crippen LogP contribution in [0.3, 0.4) is 0 Å². The highest BCUT2D eigenvalue weighted by atomic mass is 35.5. The Morgan fingerprint density at radius 3 is 2.74 bits per heavy atom. The second-order valence-corrected chi connectivity index (χ2v) is 5.55. The summed E-state index contributed by atoms with van der Waals surface area (Å²) < 4.78 is 13.3. The van der Waals surface area contributed by atoms with Crippen LogP contribution in [0.2, 0.25) is 5.02 Å². The molecule has 0 aromatic heterocycles. The van der Waals surface area contributed by atoms with E-state index in [-0.39, 0.29) is 16.1 Å². The second kappa shape index (κ2) is 5.33. The third kappa shape index (κ3) is 3.15. The van der Waals surface area contributed by atoms with Crippen molar-refractivity contribution < 1.29 is 9.31 Å². The van der Waals surface area contributed by atoms with E-state index >= 15 is 0 Å². The Balaban J connectivity index is 2.15. The van der Waals surface area contributed by atoms with Gasteiger partial charge >= 0.3 is 0 Å². The maximum Gasteiger partial charge on any atom is 0.295 e. The predicted molar refractivity (Wildman–Crippen MR) is 73.1 cm³/mol. The maximum absolute atomic E-state index is 13.3. The van der Waals surface area contributed by atoms with E-state index in [0.29, 0.717) is 12.2 Å². The lowest BCUT2D eigenvalue weighted by Gasteiger charge is -2.16.